The van der Waals surface area contributed by atoms with Gasteiger partial charge >= 0.3 is 0 Å². The number of rotatable bonds is 6. The lowest BCUT2D eigenvalue weighted by atomic mass is 10.1. The van der Waals surface area contributed by atoms with E-state index >= 15 is 0 Å². The van der Waals surface area contributed by atoms with Crippen molar-refractivity contribution in [1.82, 2.24) is 5.32 Å². The monoisotopic (exact) mass is 338 g/mol. The molecule has 25 heavy (non-hydrogen) atoms. The molecule has 0 spiro atoms. The first-order chi connectivity index (χ1) is 12.1. The average molecular weight is 338 g/mol. The van der Waals surface area contributed by atoms with Crippen molar-refractivity contribution in [2.24, 2.45) is 0 Å². The zero-order valence-electron chi connectivity index (χ0n) is 14.0. The number of hydrogen-bond acceptors (Lipinski definition) is 2. The van der Waals surface area contributed by atoms with Gasteiger partial charge in [-0.3, -0.25) is 0 Å². The van der Waals surface area contributed by atoms with Crippen LogP contribution in [0.1, 0.15) is 24.1 Å². The van der Waals surface area contributed by atoms with E-state index in [1.807, 2.05) is 61.5 Å². The Labute approximate surface area is 146 Å². The fourth-order valence-electron chi connectivity index (χ4n) is 2.63. The van der Waals surface area contributed by atoms with Gasteiger partial charge in [0.2, 0.25) is 0 Å². The summed E-state index contributed by atoms with van der Waals surface area (Å²) >= 11 is 0. The second-order valence-corrected chi connectivity index (χ2v) is 5.96. The summed E-state index contributed by atoms with van der Waals surface area (Å²) in [5.74, 6) is -1.09. The highest BCUT2D eigenvalue weighted by Crippen LogP contribution is 2.19. The van der Waals surface area contributed by atoms with Crippen LogP contribution >= 0.6 is 0 Å². The van der Waals surface area contributed by atoms with E-state index < -0.39 is 11.6 Å². The van der Waals surface area contributed by atoms with Crippen molar-refractivity contribution in [3.05, 3.63) is 95.6 Å². The highest BCUT2D eigenvalue weighted by atomic mass is 19.1. The van der Waals surface area contributed by atoms with Gasteiger partial charge in [-0.1, -0.05) is 36.4 Å². The fourth-order valence-corrected chi connectivity index (χ4v) is 2.63. The predicted octanol–water partition coefficient (Wildman–Crippen LogP) is 5.56. The first kappa shape index (κ1) is 17.1. The zero-order chi connectivity index (χ0) is 17.6. The summed E-state index contributed by atoms with van der Waals surface area (Å²) in [5.41, 5.74) is 3.60. The van der Waals surface area contributed by atoms with Crippen molar-refractivity contribution < 1.29 is 8.78 Å². The van der Waals surface area contributed by atoms with Gasteiger partial charge in [0.15, 0.2) is 0 Å². The number of benzene rings is 3. The molecule has 0 heterocycles. The van der Waals surface area contributed by atoms with Crippen LogP contribution in [0, 0.1) is 11.6 Å². The normalized spacial score (nSPS) is 12.0. The number of hydrogen-bond donors (Lipinski definition) is 2. The molecule has 0 aliphatic heterocycles. The van der Waals surface area contributed by atoms with Crippen LogP contribution < -0.4 is 10.6 Å². The van der Waals surface area contributed by atoms with Crippen molar-refractivity contribution >= 4 is 11.4 Å². The number of nitrogens with one attached hydrogen (secondary N) is 2. The number of halogens is 2. The topological polar surface area (TPSA) is 24.1 Å². The van der Waals surface area contributed by atoms with Gasteiger partial charge in [-0.05, 0) is 42.8 Å². The number of anilines is 2. The molecular weight excluding hydrogens is 318 g/mol. The summed E-state index contributed by atoms with van der Waals surface area (Å²) in [5, 5.41) is 6.59. The van der Waals surface area contributed by atoms with Crippen LogP contribution in [0.4, 0.5) is 20.2 Å². The van der Waals surface area contributed by atoms with Crippen molar-refractivity contribution in [2.45, 2.75) is 19.5 Å². The van der Waals surface area contributed by atoms with E-state index in [1.54, 1.807) is 0 Å². The average Bonchev–Trinajstić information content (AvgIpc) is 2.62. The Kier molecular flexibility index (Phi) is 5.41. The molecule has 128 valence electrons. The molecule has 3 rings (SSSR count). The Balaban J connectivity index is 1.58. The minimum Gasteiger partial charge on any atom is -0.356 e. The summed E-state index contributed by atoms with van der Waals surface area (Å²) in [4.78, 5) is 0. The standard InChI is InChI=1S/C21H20F2N2/c1-15(20-12-9-17(22)13-21(20)23)24-14-16-7-10-19(11-8-16)25-18-5-3-2-4-6-18/h2-13,15,24-25H,14H2,1H3. The molecule has 1 unspecified atom stereocenters. The van der Waals surface area contributed by atoms with Gasteiger partial charge in [0.25, 0.3) is 0 Å². The van der Waals surface area contributed by atoms with Gasteiger partial charge in [0, 0.05) is 35.6 Å². The molecule has 0 amide bonds. The SMILES string of the molecule is CC(NCc1ccc(Nc2ccccc2)cc1)c1ccc(F)cc1F. The van der Waals surface area contributed by atoms with Crippen molar-refractivity contribution in [3.8, 4) is 0 Å². The van der Waals surface area contributed by atoms with E-state index in [0.29, 0.717) is 12.1 Å². The predicted molar refractivity (Wildman–Crippen MR) is 97.8 cm³/mol. The summed E-state index contributed by atoms with van der Waals surface area (Å²) in [6.45, 7) is 2.46. The molecule has 0 saturated carbocycles. The van der Waals surface area contributed by atoms with Crippen molar-refractivity contribution in [1.29, 1.82) is 0 Å². The van der Waals surface area contributed by atoms with E-state index in [1.165, 1.54) is 12.1 Å². The lowest BCUT2D eigenvalue weighted by Gasteiger charge is -2.15. The Morgan fingerprint density at radius 1 is 0.840 bits per heavy atom. The molecule has 0 aliphatic carbocycles. The van der Waals surface area contributed by atoms with Gasteiger partial charge < -0.3 is 10.6 Å². The quantitative estimate of drug-likeness (QED) is 0.615. The maximum Gasteiger partial charge on any atom is 0.130 e. The Hall–Kier alpha value is -2.72. The van der Waals surface area contributed by atoms with Crippen LogP contribution in [-0.2, 0) is 6.54 Å². The summed E-state index contributed by atoms with van der Waals surface area (Å²) < 4.78 is 26.8. The van der Waals surface area contributed by atoms with E-state index in [2.05, 4.69) is 10.6 Å². The highest BCUT2D eigenvalue weighted by molar-refractivity contribution is 5.59. The van der Waals surface area contributed by atoms with Gasteiger partial charge in [0.05, 0.1) is 0 Å². The summed E-state index contributed by atoms with van der Waals surface area (Å²) in [6, 6.07) is 21.5. The molecule has 3 aromatic rings. The van der Waals surface area contributed by atoms with Crippen LogP contribution in [0.3, 0.4) is 0 Å². The molecule has 0 aliphatic rings. The lowest BCUT2D eigenvalue weighted by molar-refractivity contribution is 0.518. The first-order valence-corrected chi connectivity index (χ1v) is 8.21. The van der Waals surface area contributed by atoms with Gasteiger partial charge in [0.1, 0.15) is 11.6 Å². The second-order valence-electron chi connectivity index (χ2n) is 5.96. The molecule has 0 radical (unpaired) electrons. The molecule has 4 heteroatoms. The summed E-state index contributed by atoms with van der Waals surface area (Å²) in [7, 11) is 0. The van der Waals surface area contributed by atoms with E-state index in [0.717, 1.165) is 23.0 Å². The Morgan fingerprint density at radius 2 is 1.52 bits per heavy atom. The Morgan fingerprint density at radius 3 is 2.20 bits per heavy atom. The molecule has 1 atom stereocenters. The smallest absolute Gasteiger partial charge is 0.130 e. The lowest BCUT2D eigenvalue weighted by Crippen LogP contribution is -2.19. The van der Waals surface area contributed by atoms with E-state index in [9.17, 15) is 8.78 Å². The molecule has 0 aromatic heterocycles. The molecule has 2 nitrogen and oxygen atoms in total. The van der Waals surface area contributed by atoms with Gasteiger partial charge in [-0.2, -0.15) is 0 Å². The third-order valence-electron chi connectivity index (χ3n) is 4.06. The maximum atomic E-state index is 13.8. The minimum atomic E-state index is -0.560. The van der Waals surface area contributed by atoms with E-state index in [4.69, 9.17) is 0 Å². The number of para-hydroxylation sites is 1. The molecule has 0 bridgehead atoms. The van der Waals surface area contributed by atoms with Crippen LogP contribution in [0.25, 0.3) is 0 Å². The Bertz CT molecular complexity index is 817. The largest absolute Gasteiger partial charge is 0.356 e. The molecule has 0 saturated heterocycles. The van der Waals surface area contributed by atoms with Crippen LogP contribution in [0.2, 0.25) is 0 Å². The third kappa shape index (κ3) is 4.64. The van der Waals surface area contributed by atoms with Gasteiger partial charge in [-0.15, -0.1) is 0 Å². The maximum absolute atomic E-state index is 13.8. The summed E-state index contributed by atoms with van der Waals surface area (Å²) in [6.07, 6.45) is 0. The molecule has 2 N–H and O–H groups in total. The third-order valence-corrected chi connectivity index (χ3v) is 4.06. The second kappa shape index (κ2) is 7.90. The van der Waals surface area contributed by atoms with Crippen LogP contribution in [0.5, 0.6) is 0 Å². The molecule has 3 aromatic carbocycles. The zero-order valence-corrected chi connectivity index (χ0v) is 14.0. The minimum absolute atomic E-state index is 0.206. The van der Waals surface area contributed by atoms with Gasteiger partial charge in [-0.25, -0.2) is 8.78 Å². The molecular formula is C21H20F2N2. The van der Waals surface area contributed by atoms with Crippen LogP contribution in [-0.4, -0.2) is 0 Å². The first-order valence-electron chi connectivity index (χ1n) is 8.21. The van der Waals surface area contributed by atoms with Crippen molar-refractivity contribution in [3.63, 3.8) is 0 Å². The van der Waals surface area contributed by atoms with Crippen LogP contribution in [0.15, 0.2) is 72.8 Å². The molecule has 0 fully saturated rings. The fraction of sp³-hybridized carbons (Fsp3) is 0.143. The van der Waals surface area contributed by atoms with Crippen molar-refractivity contribution in [2.75, 3.05) is 5.32 Å². The van der Waals surface area contributed by atoms with E-state index in [-0.39, 0.29) is 6.04 Å². The highest BCUT2D eigenvalue weighted by Gasteiger charge is 2.11.